The highest BCUT2D eigenvalue weighted by Crippen LogP contribution is 2.39. The summed E-state index contributed by atoms with van der Waals surface area (Å²) in [4.78, 5) is 17.7. The van der Waals surface area contributed by atoms with Crippen molar-refractivity contribution in [3.8, 4) is 16.3 Å². The van der Waals surface area contributed by atoms with Gasteiger partial charge in [-0.15, -0.1) is 11.3 Å². The number of carbonyl (C=O) groups is 1. The number of benzene rings is 1. The van der Waals surface area contributed by atoms with Gasteiger partial charge in [-0.3, -0.25) is 4.79 Å². The number of carbonyl (C=O) groups excluding carboxylic acids is 1. The number of halogens is 1. The van der Waals surface area contributed by atoms with Crippen molar-refractivity contribution in [3.05, 3.63) is 63.9 Å². The van der Waals surface area contributed by atoms with Crippen molar-refractivity contribution in [2.24, 2.45) is 11.5 Å². The molecule has 0 fully saturated rings. The maximum absolute atomic E-state index is 12.0. The highest BCUT2D eigenvalue weighted by molar-refractivity contribution is 7.17. The molecule has 6 nitrogen and oxygen atoms in total. The molecule has 4 N–H and O–H groups in total. The van der Waals surface area contributed by atoms with Gasteiger partial charge >= 0.3 is 0 Å². The Hall–Kier alpha value is -2.61. The lowest BCUT2D eigenvalue weighted by Crippen LogP contribution is -2.24. The molecular weight excluding hydrogens is 396 g/mol. The van der Waals surface area contributed by atoms with Crippen LogP contribution in [0.15, 0.2) is 42.6 Å². The second-order valence-corrected chi connectivity index (χ2v) is 8.05. The minimum Gasteiger partial charge on any atom is -0.484 e. The van der Waals surface area contributed by atoms with E-state index in [1.165, 1.54) is 11.3 Å². The van der Waals surface area contributed by atoms with E-state index in [9.17, 15) is 4.79 Å². The van der Waals surface area contributed by atoms with Crippen molar-refractivity contribution < 1.29 is 9.53 Å². The third-order valence-corrected chi connectivity index (χ3v) is 6.09. The zero-order valence-electron chi connectivity index (χ0n) is 15.1. The number of imidazole rings is 1. The first-order chi connectivity index (χ1) is 13.4. The number of fused-ring (bicyclic) bond motifs is 1. The monoisotopic (exact) mass is 414 g/mol. The molecule has 0 saturated carbocycles. The van der Waals surface area contributed by atoms with Crippen LogP contribution in [0.25, 0.3) is 16.8 Å². The van der Waals surface area contributed by atoms with Gasteiger partial charge in [0.05, 0.1) is 16.8 Å². The SMILES string of the molecule is CC(Oc1cc(-c2cnc3n2C=CC(N)C3)sc1C(N)=O)c1ccccc1Cl. The molecule has 4 rings (SSSR count). The molecule has 1 aliphatic heterocycles. The topological polar surface area (TPSA) is 96.2 Å². The van der Waals surface area contributed by atoms with Gasteiger partial charge in [-0.1, -0.05) is 35.9 Å². The molecule has 28 heavy (non-hydrogen) atoms. The first-order valence-electron chi connectivity index (χ1n) is 8.79. The molecule has 0 saturated heterocycles. The van der Waals surface area contributed by atoms with Crippen LogP contribution in [0, 0.1) is 0 Å². The fraction of sp³-hybridized carbons (Fsp3) is 0.200. The normalized spacial score (nSPS) is 16.6. The minimum absolute atomic E-state index is 0.0392. The highest BCUT2D eigenvalue weighted by Gasteiger charge is 2.23. The van der Waals surface area contributed by atoms with Gasteiger partial charge in [0, 0.05) is 35.3 Å². The Kier molecular flexibility index (Phi) is 4.97. The first kappa shape index (κ1) is 18.7. The van der Waals surface area contributed by atoms with E-state index in [4.69, 9.17) is 27.8 Å². The molecule has 0 spiro atoms. The summed E-state index contributed by atoms with van der Waals surface area (Å²) >= 11 is 7.55. The number of hydrogen-bond acceptors (Lipinski definition) is 5. The maximum Gasteiger partial charge on any atom is 0.262 e. The molecule has 1 aliphatic rings. The van der Waals surface area contributed by atoms with Crippen LogP contribution in [0.2, 0.25) is 5.02 Å². The highest BCUT2D eigenvalue weighted by atomic mass is 35.5. The average molecular weight is 415 g/mol. The Morgan fingerprint density at radius 2 is 2.21 bits per heavy atom. The molecule has 0 bridgehead atoms. The van der Waals surface area contributed by atoms with Crippen LogP contribution in [0.1, 0.15) is 34.1 Å². The summed E-state index contributed by atoms with van der Waals surface area (Å²) < 4.78 is 8.04. The van der Waals surface area contributed by atoms with Gasteiger partial charge in [0.1, 0.15) is 22.6 Å². The Bertz CT molecular complexity index is 1070. The van der Waals surface area contributed by atoms with Crippen LogP contribution in [-0.2, 0) is 6.42 Å². The second-order valence-electron chi connectivity index (χ2n) is 6.59. The van der Waals surface area contributed by atoms with E-state index in [0.717, 1.165) is 22.0 Å². The smallest absolute Gasteiger partial charge is 0.262 e. The fourth-order valence-corrected chi connectivity index (χ4v) is 4.43. The molecule has 0 radical (unpaired) electrons. The van der Waals surface area contributed by atoms with Crippen molar-refractivity contribution in [2.75, 3.05) is 0 Å². The molecule has 1 amide bonds. The van der Waals surface area contributed by atoms with Crippen molar-refractivity contribution in [1.82, 2.24) is 9.55 Å². The standard InChI is InChI=1S/C20H19ClN4O2S/c1-11(13-4-2-3-5-14(13)21)27-16-9-17(28-19(16)20(23)26)15-10-24-18-8-12(22)6-7-25(15)18/h2-7,9-12H,8,22H2,1H3,(H2,23,26). The predicted octanol–water partition coefficient (Wildman–Crippen LogP) is 3.86. The number of amides is 1. The average Bonchev–Trinajstić information content (AvgIpc) is 3.25. The third-order valence-electron chi connectivity index (χ3n) is 4.60. The van der Waals surface area contributed by atoms with Gasteiger partial charge < -0.3 is 20.8 Å². The van der Waals surface area contributed by atoms with Crippen LogP contribution in [0.5, 0.6) is 5.75 Å². The van der Waals surface area contributed by atoms with Gasteiger partial charge in [-0.2, -0.15) is 0 Å². The van der Waals surface area contributed by atoms with Crippen LogP contribution >= 0.6 is 22.9 Å². The van der Waals surface area contributed by atoms with Crippen LogP contribution in [0.3, 0.4) is 0 Å². The Morgan fingerprint density at radius 3 is 2.96 bits per heavy atom. The van der Waals surface area contributed by atoms with E-state index >= 15 is 0 Å². The first-order valence-corrected chi connectivity index (χ1v) is 9.98. The van der Waals surface area contributed by atoms with Crippen LogP contribution in [-0.4, -0.2) is 21.5 Å². The Balaban J connectivity index is 1.69. The molecule has 1 aromatic carbocycles. The maximum atomic E-state index is 12.0. The largest absolute Gasteiger partial charge is 0.484 e. The Morgan fingerprint density at radius 1 is 1.43 bits per heavy atom. The molecule has 2 atom stereocenters. The summed E-state index contributed by atoms with van der Waals surface area (Å²) in [7, 11) is 0. The Labute approximate surface area is 171 Å². The van der Waals surface area contributed by atoms with Gasteiger partial charge in [0.15, 0.2) is 0 Å². The van der Waals surface area contributed by atoms with Crippen molar-refractivity contribution in [1.29, 1.82) is 0 Å². The number of ether oxygens (including phenoxy) is 1. The number of hydrogen-bond donors (Lipinski definition) is 2. The van der Waals surface area contributed by atoms with Gasteiger partial charge in [0.2, 0.25) is 0 Å². The van der Waals surface area contributed by atoms with Gasteiger partial charge in [0.25, 0.3) is 5.91 Å². The number of rotatable bonds is 5. The summed E-state index contributed by atoms with van der Waals surface area (Å²) in [6.07, 6.45) is 5.93. The summed E-state index contributed by atoms with van der Waals surface area (Å²) in [5.74, 6) is 0.784. The fourth-order valence-electron chi connectivity index (χ4n) is 3.19. The number of nitrogens with two attached hydrogens (primary N) is 2. The molecule has 3 aromatic rings. The molecule has 8 heteroatoms. The lowest BCUT2D eigenvalue weighted by atomic mass is 10.1. The number of nitrogens with zero attached hydrogens (tertiary/aromatic N) is 2. The van der Waals surface area contributed by atoms with E-state index in [2.05, 4.69) is 4.98 Å². The van der Waals surface area contributed by atoms with E-state index < -0.39 is 5.91 Å². The van der Waals surface area contributed by atoms with Crippen molar-refractivity contribution >= 4 is 35.0 Å². The van der Waals surface area contributed by atoms with Crippen LogP contribution in [0.4, 0.5) is 0 Å². The minimum atomic E-state index is -0.534. The van der Waals surface area contributed by atoms with E-state index in [1.54, 1.807) is 12.3 Å². The van der Waals surface area contributed by atoms with Gasteiger partial charge in [-0.05, 0) is 13.0 Å². The molecular formula is C20H19ClN4O2S. The summed E-state index contributed by atoms with van der Waals surface area (Å²) in [5.41, 5.74) is 13.3. The van der Waals surface area contributed by atoms with Crippen molar-refractivity contribution in [3.63, 3.8) is 0 Å². The molecule has 3 heterocycles. The van der Waals surface area contributed by atoms with E-state index in [0.29, 0.717) is 22.1 Å². The second kappa shape index (κ2) is 7.43. The molecule has 2 aromatic heterocycles. The van der Waals surface area contributed by atoms with Crippen molar-refractivity contribution in [2.45, 2.75) is 25.5 Å². The molecule has 0 aliphatic carbocycles. The number of aromatic nitrogens is 2. The van der Waals surface area contributed by atoms with E-state index in [-0.39, 0.29) is 12.1 Å². The zero-order chi connectivity index (χ0) is 19.8. The predicted molar refractivity (Wildman–Crippen MR) is 112 cm³/mol. The summed E-state index contributed by atoms with van der Waals surface area (Å²) in [6, 6.07) is 9.24. The summed E-state index contributed by atoms with van der Waals surface area (Å²) in [5, 5.41) is 0.609. The lowest BCUT2D eigenvalue weighted by molar-refractivity contribution is 0.0998. The summed E-state index contributed by atoms with van der Waals surface area (Å²) in [6.45, 7) is 1.88. The van der Waals surface area contributed by atoms with Gasteiger partial charge in [-0.25, -0.2) is 4.98 Å². The van der Waals surface area contributed by atoms with E-state index in [1.807, 2.05) is 48.0 Å². The zero-order valence-corrected chi connectivity index (χ0v) is 16.7. The number of primary amides is 1. The number of thiophene rings is 1. The molecule has 2 unspecified atom stereocenters. The third kappa shape index (κ3) is 3.44. The lowest BCUT2D eigenvalue weighted by Gasteiger charge is -2.16. The molecule has 144 valence electrons. The van der Waals surface area contributed by atoms with Crippen LogP contribution < -0.4 is 16.2 Å². The quantitative estimate of drug-likeness (QED) is 0.662.